The van der Waals surface area contributed by atoms with Gasteiger partial charge in [0.05, 0.1) is 0 Å². The molecule has 2 amide bonds. The number of hydrogen-bond donors (Lipinski definition) is 0. The quantitative estimate of drug-likeness (QED) is 0.398. The molecule has 3 saturated heterocycles. The fourth-order valence-corrected chi connectivity index (χ4v) is 7.77. The zero-order valence-corrected chi connectivity index (χ0v) is 24.5. The number of amides is 2. The third-order valence-electron chi connectivity index (χ3n) is 10.2. The average Bonchev–Trinajstić information content (AvgIpc) is 2.95. The molecule has 6 nitrogen and oxygen atoms in total. The molecule has 3 heterocycles. The van der Waals surface area contributed by atoms with Gasteiger partial charge in [0.2, 0.25) is 0 Å². The van der Waals surface area contributed by atoms with Crippen molar-refractivity contribution in [2.45, 2.75) is 96.6 Å². The molecule has 1 aromatic rings. The molecular weight excluding hydrogens is 486 g/mol. The Balaban J connectivity index is 1.17. The first-order valence-corrected chi connectivity index (χ1v) is 15.6. The highest BCUT2D eigenvalue weighted by molar-refractivity contribution is 5.97. The summed E-state index contributed by atoms with van der Waals surface area (Å²) >= 11 is 0. The number of hydrogen-bond acceptors (Lipinski definition) is 4. The Morgan fingerprint density at radius 1 is 1.00 bits per heavy atom. The number of allylic oxidation sites excluding steroid dienone is 2. The molecule has 3 aliphatic heterocycles. The molecule has 6 heteroatoms. The largest absolute Gasteiger partial charge is 0.442 e. The van der Waals surface area contributed by atoms with Crippen LogP contribution in [0.3, 0.4) is 0 Å². The van der Waals surface area contributed by atoms with Crippen molar-refractivity contribution in [2.24, 2.45) is 11.8 Å². The van der Waals surface area contributed by atoms with E-state index in [4.69, 9.17) is 4.74 Å². The van der Waals surface area contributed by atoms with E-state index in [1.54, 1.807) is 0 Å². The number of nitrogens with zero attached hydrogens (tertiary/aromatic N) is 3. The summed E-state index contributed by atoms with van der Waals surface area (Å²) in [6, 6.07) is 6.60. The van der Waals surface area contributed by atoms with Gasteiger partial charge in [0.15, 0.2) is 0 Å². The molecule has 0 aromatic heterocycles. The fraction of sp³-hybridized carbons (Fsp3) is 0.697. The minimum atomic E-state index is -0.338. The van der Waals surface area contributed by atoms with Crippen molar-refractivity contribution >= 4 is 12.0 Å². The molecule has 0 N–H and O–H groups in total. The van der Waals surface area contributed by atoms with Gasteiger partial charge in [0.1, 0.15) is 5.60 Å². The number of likely N-dealkylation sites (tertiary alicyclic amines) is 2. The Hall–Kier alpha value is -2.34. The van der Waals surface area contributed by atoms with Crippen LogP contribution in [0.1, 0.15) is 92.6 Å². The lowest BCUT2D eigenvalue weighted by Gasteiger charge is -2.52. The summed E-state index contributed by atoms with van der Waals surface area (Å²) in [7, 11) is 0. The van der Waals surface area contributed by atoms with Crippen LogP contribution in [0.5, 0.6) is 0 Å². The molecule has 1 unspecified atom stereocenters. The Bertz CT molecular complexity index is 1010. The highest BCUT2D eigenvalue weighted by atomic mass is 16.6. The second-order valence-corrected chi connectivity index (χ2v) is 12.7. The van der Waals surface area contributed by atoms with Gasteiger partial charge < -0.3 is 14.5 Å². The Morgan fingerprint density at radius 2 is 1.67 bits per heavy atom. The van der Waals surface area contributed by atoms with Gasteiger partial charge in [-0.3, -0.25) is 9.69 Å². The van der Waals surface area contributed by atoms with Gasteiger partial charge in [-0.15, -0.1) is 0 Å². The molecule has 1 aliphatic carbocycles. The molecule has 0 bridgehead atoms. The minimum absolute atomic E-state index is 0.0796. The van der Waals surface area contributed by atoms with Crippen LogP contribution >= 0.6 is 0 Å². The standard InChI is InChI=1S/C33H49N3O3/c1-4-5-14-28-24-36(23-27-12-7-6-8-13-27)32(38)39-33(28)17-21-34(22-18-33)29-15-19-35(20-16-29)31(37)30-25(2)10-9-11-26(30)3/h4-5,9-11,27-29H,6-8,12-24H2,1-3H3/b5-4+. The lowest BCUT2D eigenvalue weighted by atomic mass is 9.75. The van der Waals surface area contributed by atoms with Gasteiger partial charge in [-0.05, 0) is 69.9 Å². The molecule has 1 saturated carbocycles. The number of benzene rings is 1. The summed E-state index contributed by atoms with van der Waals surface area (Å²) in [5.41, 5.74) is 2.67. The number of rotatable bonds is 6. The maximum atomic E-state index is 13.3. The smallest absolute Gasteiger partial charge is 0.410 e. The van der Waals surface area contributed by atoms with Gasteiger partial charge in [0, 0.05) is 69.6 Å². The molecule has 1 aromatic carbocycles. The monoisotopic (exact) mass is 535 g/mol. The molecule has 214 valence electrons. The van der Waals surface area contributed by atoms with Crippen molar-refractivity contribution < 1.29 is 14.3 Å². The van der Waals surface area contributed by atoms with E-state index in [0.29, 0.717) is 17.9 Å². The number of carbonyl (C=O) groups excluding carboxylic acids is 2. The van der Waals surface area contributed by atoms with E-state index < -0.39 is 0 Å². The first kappa shape index (κ1) is 28.2. The molecule has 1 atom stereocenters. The van der Waals surface area contributed by atoms with Gasteiger partial charge in [-0.2, -0.15) is 0 Å². The molecule has 5 rings (SSSR count). The van der Waals surface area contributed by atoms with Crippen molar-refractivity contribution in [3.8, 4) is 0 Å². The van der Waals surface area contributed by atoms with Crippen molar-refractivity contribution in [1.29, 1.82) is 0 Å². The van der Waals surface area contributed by atoms with Crippen molar-refractivity contribution in [3.63, 3.8) is 0 Å². The summed E-state index contributed by atoms with van der Waals surface area (Å²) in [6.45, 7) is 11.4. The maximum absolute atomic E-state index is 13.3. The highest BCUT2D eigenvalue weighted by Crippen LogP contribution is 2.42. The van der Waals surface area contributed by atoms with Crippen molar-refractivity contribution in [1.82, 2.24) is 14.7 Å². The van der Waals surface area contributed by atoms with Gasteiger partial charge in [0.25, 0.3) is 5.91 Å². The lowest BCUT2D eigenvalue weighted by Crippen LogP contribution is -2.61. The fourth-order valence-electron chi connectivity index (χ4n) is 7.77. The average molecular weight is 536 g/mol. The highest BCUT2D eigenvalue weighted by Gasteiger charge is 2.50. The summed E-state index contributed by atoms with van der Waals surface area (Å²) in [5.74, 6) is 1.17. The van der Waals surface area contributed by atoms with Crippen LogP contribution in [0.25, 0.3) is 0 Å². The van der Waals surface area contributed by atoms with E-state index >= 15 is 0 Å². The summed E-state index contributed by atoms with van der Waals surface area (Å²) in [6.07, 6.45) is 15.6. The number of ether oxygens (including phenoxy) is 1. The van der Waals surface area contributed by atoms with E-state index in [9.17, 15) is 9.59 Å². The Morgan fingerprint density at radius 3 is 2.31 bits per heavy atom. The van der Waals surface area contributed by atoms with Gasteiger partial charge in [-0.25, -0.2) is 4.79 Å². The number of aryl methyl sites for hydroxylation is 2. The molecule has 4 aliphatic rings. The van der Waals surface area contributed by atoms with Gasteiger partial charge in [-0.1, -0.05) is 49.6 Å². The van der Waals surface area contributed by atoms with Crippen LogP contribution in [0.4, 0.5) is 4.79 Å². The topological polar surface area (TPSA) is 53.1 Å². The molecule has 39 heavy (non-hydrogen) atoms. The van der Waals surface area contributed by atoms with Crippen LogP contribution < -0.4 is 0 Å². The van der Waals surface area contributed by atoms with Crippen LogP contribution in [0.2, 0.25) is 0 Å². The molecule has 0 radical (unpaired) electrons. The predicted molar refractivity (Wildman–Crippen MR) is 156 cm³/mol. The second-order valence-electron chi connectivity index (χ2n) is 12.7. The van der Waals surface area contributed by atoms with Gasteiger partial charge >= 0.3 is 6.09 Å². The first-order valence-electron chi connectivity index (χ1n) is 15.6. The Labute approximate surface area is 235 Å². The number of piperidine rings is 2. The van der Waals surface area contributed by atoms with Crippen molar-refractivity contribution in [2.75, 3.05) is 39.3 Å². The predicted octanol–water partition coefficient (Wildman–Crippen LogP) is 6.36. The van der Waals surface area contributed by atoms with Crippen molar-refractivity contribution in [3.05, 3.63) is 47.0 Å². The zero-order chi connectivity index (χ0) is 27.4. The van der Waals surface area contributed by atoms with Crippen LogP contribution in [-0.4, -0.2) is 77.6 Å². The molecule has 4 fully saturated rings. The van der Waals surface area contributed by atoms with E-state index in [-0.39, 0.29) is 17.6 Å². The van der Waals surface area contributed by atoms with E-state index in [2.05, 4.69) is 24.0 Å². The van der Waals surface area contributed by atoms with Crippen LogP contribution in [-0.2, 0) is 4.74 Å². The SMILES string of the molecule is C/C=C/CC1CN(CC2CCCCC2)C(=O)OC12CCN(C1CCN(C(=O)c3c(C)cccc3C)CC1)CC2. The number of carbonyl (C=O) groups is 2. The lowest BCUT2D eigenvalue weighted by molar-refractivity contribution is -0.124. The molecule has 1 spiro atoms. The third-order valence-corrected chi connectivity index (χ3v) is 10.2. The Kier molecular flexibility index (Phi) is 9.00. The van der Waals surface area contributed by atoms with Crippen LogP contribution in [0, 0.1) is 25.7 Å². The van der Waals surface area contributed by atoms with E-state index in [1.165, 1.54) is 32.1 Å². The molecular formula is C33H49N3O3. The van der Waals surface area contributed by atoms with E-state index in [1.807, 2.05) is 41.8 Å². The summed E-state index contributed by atoms with van der Waals surface area (Å²) in [5, 5.41) is 0. The first-order chi connectivity index (χ1) is 18.9. The zero-order valence-electron chi connectivity index (χ0n) is 24.5. The normalized spacial score (nSPS) is 25.4. The maximum Gasteiger partial charge on any atom is 0.410 e. The summed E-state index contributed by atoms with van der Waals surface area (Å²) in [4.78, 5) is 33.2. The third kappa shape index (κ3) is 6.21. The van der Waals surface area contributed by atoms with Crippen LogP contribution in [0.15, 0.2) is 30.4 Å². The minimum Gasteiger partial charge on any atom is -0.442 e. The second kappa shape index (κ2) is 12.4. The van der Waals surface area contributed by atoms with E-state index in [0.717, 1.165) is 88.1 Å². The summed E-state index contributed by atoms with van der Waals surface area (Å²) < 4.78 is 6.41.